The number of rotatable bonds is 12. The van der Waals surface area contributed by atoms with Crippen molar-refractivity contribution >= 4 is 17.9 Å². The molecule has 37 heavy (non-hydrogen) atoms. The summed E-state index contributed by atoms with van der Waals surface area (Å²) in [7, 11) is 0. The van der Waals surface area contributed by atoms with Gasteiger partial charge in [0.25, 0.3) is 0 Å². The molecule has 0 saturated heterocycles. The van der Waals surface area contributed by atoms with Gasteiger partial charge in [-0.15, -0.1) is 0 Å². The summed E-state index contributed by atoms with van der Waals surface area (Å²) in [6, 6.07) is 17.4. The Morgan fingerprint density at radius 1 is 0.892 bits per heavy atom. The van der Waals surface area contributed by atoms with Crippen LogP contribution in [0.15, 0.2) is 60.7 Å². The van der Waals surface area contributed by atoms with E-state index in [1.807, 2.05) is 60.7 Å². The van der Waals surface area contributed by atoms with Gasteiger partial charge in [0, 0.05) is 5.92 Å². The van der Waals surface area contributed by atoms with Gasteiger partial charge in [-0.3, -0.25) is 9.59 Å². The third-order valence-corrected chi connectivity index (χ3v) is 5.96. The fourth-order valence-electron chi connectivity index (χ4n) is 4.09. The van der Waals surface area contributed by atoms with Crippen molar-refractivity contribution in [2.45, 2.75) is 77.7 Å². The Labute approximate surface area is 220 Å². The number of nitrogens with two attached hydrogens (primary N) is 1. The number of hydrogen-bond acceptors (Lipinski definition) is 5. The molecule has 202 valence electrons. The van der Waals surface area contributed by atoms with E-state index in [0.717, 1.165) is 11.1 Å². The van der Waals surface area contributed by atoms with E-state index in [9.17, 15) is 19.5 Å². The number of amides is 3. The number of carbonyl (C=O) groups is 3. The molecule has 1 unspecified atom stereocenters. The van der Waals surface area contributed by atoms with Gasteiger partial charge in [-0.05, 0) is 57.1 Å². The quantitative estimate of drug-likeness (QED) is 0.347. The molecule has 2 aromatic carbocycles. The van der Waals surface area contributed by atoms with Crippen LogP contribution in [-0.4, -0.2) is 46.8 Å². The molecule has 8 heteroatoms. The second-order valence-electron chi connectivity index (χ2n) is 10.8. The van der Waals surface area contributed by atoms with Crippen molar-refractivity contribution in [1.29, 1.82) is 0 Å². The molecule has 0 heterocycles. The molecule has 0 fully saturated rings. The molecule has 3 amide bonds. The number of nitrogens with one attached hydrogen (secondary N) is 2. The predicted molar refractivity (Wildman–Crippen MR) is 144 cm³/mol. The molecule has 8 nitrogen and oxygen atoms in total. The van der Waals surface area contributed by atoms with Crippen LogP contribution in [0, 0.1) is 11.8 Å². The standard InChI is InChI=1S/C29H41N3O5/c1-19(2)25(26(30)34)32-27(35)22(16-20-12-8-6-9-13-20)18-24(33)23(17-21-14-10-7-11-15-21)31-28(36)37-29(3,4)5/h6-15,19,22-25,33H,16-18H2,1-5H3,(H2,30,34)(H,31,36)(H,32,35)/t22-,23+,24+,25?/m1/s1. The number of aliphatic hydroxyl groups is 1. The number of primary amides is 1. The maximum absolute atomic E-state index is 13.4. The van der Waals surface area contributed by atoms with Gasteiger partial charge >= 0.3 is 6.09 Å². The lowest BCUT2D eigenvalue weighted by molar-refractivity contribution is -0.131. The van der Waals surface area contributed by atoms with Gasteiger partial charge in [-0.25, -0.2) is 4.79 Å². The second kappa shape index (κ2) is 13.8. The van der Waals surface area contributed by atoms with Crippen LogP contribution in [0.1, 0.15) is 52.2 Å². The van der Waals surface area contributed by atoms with Gasteiger partial charge in [0.1, 0.15) is 11.6 Å². The molecular weight excluding hydrogens is 470 g/mol. The third-order valence-electron chi connectivity index (χ3n) is 5.96. The molecule has 0 bridgehead atoms. The average molecular weight is 512 g/mol. The Hall–Kier alpha value is -3.39. The molecule has 2 aromatic rings. The summed E-state index contributed by atoms with van der Waals surface area (Å²) in [5, 5.41) is 16.9. The average Bonchev–Trinajstić information content (AvgIpc) is 2.81. The lowest BCUT2D eigenvalue weighted by Crippen LogP contribution is -2.51. The van der Waals surface area contributed by atoms with E-state index < -0.39 is 41.7 Å². The Balaban J connectivity index is 2.28. The first-order valence-electron chi connectivity index (χ1n) is 12.7. The van der Waals surface area contributed by atoms with Crippen LogP contribution in [-0.2, 0) is 27.2 Å². The Kier molecular flexibility index (Phi) is 11.1. The van der Waals surface area contributed by atoms with E-state index >= 15 is 0 Å². The number of ether oxygens (including phenoxy) is 1. The van der Waals surface area contributed by atoms with Crippen molar-refractivity contribution in [2.24, 2.45) is 17.6 Å². The molecule has 0 aliphatic rings. The first-order valence-corrected chi connectivity index (χ1v) is 12.7. The van der Waals surface area contributed by atoms with E-state index in [1.54, 1.807) is 34.6 Å². The van der Waals surface area contributed by atoms with Crippen molar-refractivity contribution < 1.29 is 24.2 Å². The van der Waals surface area contributed by atoms with Crippen molar-refractivity contribution in [3.8, 4) is 0 Å². The van der Waals surface area contributed by atoms with Crippen molar-refractivity contribution in [3.05, 3.63) is 71.8 Å². The lowest BCUT2D eigenvalue weighted by atomic mass is 9.88. The highest BCUT2D eigenvalue weighted by Crippen LogP contribution is 2.20. The molecule has 0 radical (unpaired) electrons. The van der Waals surface area contributed by atoms with Crippen LogP contribution >= 0.6 is 0 Å². The van der Waals surface area contributed by atoms with Gasteiger partial charge < -0.3 is 26.2 Å². The zero-order valence-electron chi connectivity index (χ0n) is 22.4. The van der Waals surface area contributed by atoms with Gasteiger partial charge in [0.2, 0.25) is 11.8 Å². The van der Waals surface area contributed by atoms with Crippen molar-refractivity contribution in [3.63, 3.8) is 0 Å². The molecule has 0 saturated carbocycles. The maximum atomic E-state index is 13.4. The summed E-state index contributed by atoms with van der Waals surface area (Å²) < 4.78 is 5.42. The molecule has 0 aliphatic heterocycles. The van der Waals surface area contributed by atoms with E-state index in [2.05, 4.69) is 10.6 Å². The number of alkyl carbamates (subject to hydrolysis) is 1. The molecule has 0 spiro atoms. The van der Waals surface area contributed by atoms with Gasteiger partial charge in [-0.1, -0.05) is 74.5 Å². The second-order valence-corrected chi connectivity index (χ2v) is 10.8. The molecular formula is C29H41N3O5. The van der Waals surface area contributed by atoms with Crippen LogP contribution in [0.4, 0.5) is 4.79 Å². The number of aliphatic hydroxyl groups excluding tert-OH is 1. The largest absolute Gasteiger partial charge is 0.444 e. The van der Waals surface area contributed by atoms with Crippen molar-refractivity contribution in [1.82, 2.24) is 10.6 Å². The highest BCUT2D eigenvalue weighted by atomic mass is 16.6. The first kappa shape index (κ1) is 29.8. The zero-order chi connectivity index (χ0) is 27.6. The smallest absolute Gasteiger partial charge is 0.407 e. The highest BCUT2D eigenvalue weighted by molar-refractivity contribution is 5.87. The van der Waals surface area contributed by atoms with Gasteiger partial charge in [-0.2, -0.15) is 0 Å². The van der Waals surface area contributed by atoms with Crippen LogP contribution in [0.3, 0.4) is 0 Å². The molecule has 5 N–H and O–H groups in total. The highest BCUT2D eigenvalue weighted by Gasteiger charge is 2.32. The number of hydrogen-bond donors (Lipinski definition) is 4. The Bertz CT molecular complexity index is 1010. The fourth-order valence-corrected chi connectivity index (χ4v) is 4.09. The summed E-state index contributed by atoms with van der Waals surface area (Å²) in [4.78, 5) is 37.9. The third kappa shape index (κ3) is 10.6. The molecule has 4 atom stereocenters. The van der Waals surface area contributed by atoms with Crippen molar-refractivity contribution in [2.75, 3.05) is 0 Å². The summed E-state index contributed by atoms with van der Waals surface area (Å²) in [5.41, 5.74) is 6.64. The molecule has 0 aliphatic carbocycles. The summed E-state index contributed by atoms with van der Waals surface area (Å²) >= 11 is 0. The van der Waals surface area contributed by atoms with E-state index in [1.165, 1.54) is 0 Å². The Morgan fingerprint density at radius 2 is 1.41 bits per heavy atom. The maximum Gasteiger partial charge on any atom is 0.407 e. The van der Waals surface area contributed by atoms with Crippen LogP contribution in [0.25, 0.3) is 0 Å². The molecule has 0 aromatic heterocycles. The fraction of sp³-hybridized carbons (Fsp3) is 0.483. The number of carbonyl (C=O) groups excluding carboxylic acids is 3. The van der Waals surface area contributed by atoms with Crippen LogP contribution in [0.2, 0.25) is 0 Å². The van der Waals surface area contributed by atoms with Gasteiger partial charge in [0.05, 0.1) is 12.1 Å². The SMILES string of the molecule is CC(C)C(NC(=O)[C@H](Cc1ccccc1)C[C@H](O)[C@H](Cc1ccccc1)NC(=O)OC(C)(C)C)C(N)=O. The van der Waals surface area contributed by atoms with Gasteiger partial charge in [0.15, 0.2) is 0 Å². The summed E-state index contributed by atoms with van der Waals surface area (Å²) in [6.07, 6.45) is -0.977. The zero-order valence-corrected chi connectivity index (χ0v) is 22.4. The van der Waals surface area contributed by atoms with E-state index in [4.69, 9.17) is 10.5 Å². The van der Waals surface area contributed by atoms with E-state index in [-0.39, 0.29) is 18.2 Å². The minimum Gasteiger partial charge on any atom is -0.444 e. The Morgan fingerprint density at radius 3 is 1.86 bits per heavy atom. The molecule has 2 rings (SSSR count). The van der Waals surface area contributed by atoms with Crippen LogP contribution < -0.4 is 16.4 Å². The van der Waals surface area contributed by atoms with E-state index in [0.29, 0.717) is 12.8 Å². The minimum atomic E-state index is -1.07. The number of benzene rings is 2. The normalized spacial score (nSPS) is 14.8. The summed E-state index contributed by atoms with van der Waals surface area (Å²) in [5.74, 6) is -1.85. The predicted octanol–water partition coefficient (Wildman–Crippen LogP) is 3.36. The van der Waals surface area contributed by atoms with Crippen LogP contribution in [0.5, 0.6) is 0 Å². The monoisotopic (exact) mass is 511 g/mol. The lowest BCUT2D eigenvalue weighted by Gasteiger charge is -2.30. The first-order chi connectivity index (χ1) is 17.4. The minimum absolute atomic E-state index is 0.0532. The summed E-state index contributed by atoms with van der Waals surface area (Å²) in [6.45, 7) is 8.90. The topological polar surface area (TPSA) is 131 Å².